The van der Waals surface area contributed by atoms with E-state index >= 15 is 0 Å². The topological polar surface area (TPSA) is 58.4 Å². The molecule has 0 saturated carbocycles. The molecular formula is C23H32N4O2S2. The van der Waals surface area contributed by atoms with Gasteiger partial charge in [0.15, 0.2) is 5.16 Å². The number of aryl methyl sites for hydroxylation is 1. The molecule has 0 spiro atoms. The minimum Gasteiger partial charge on any atom is -0.339 e. The number of amides is 1. The zero-order chi connectivity index (χ0) is 22.1. The Bertz CT molecular complexity index is 1040. The zero-order valence-electron chi connectivity index (χ0n) is 18.7. The number of carbonyl (C=O) groups is 1. The maximum absolute atomic E-state index is 13.4. The van der Waals surface area contributed by atoms with Crippen molar-refractivity contribution in [2.75, 3.05) is 32.7 Å². The molecule has 0 bridgehead atoms. The van der Waals surface area contributed by atoms with E-state index in [4.69, 9.17) is 4.98 Å². The first-order valence-corrected chi connectivity index (χ1v) is 13.0. The van der Waals surface area contributed by atoms with Gasteiger partial charge in [0.25, 0.3) is 5.56 Å². The summed E-state index contributed by atoms with van der Waals surface area (Å²) in [6.07, 6.45) is 4.83. The van der Waals surface area contributed by atoms with Gasteiger partial charge in [-0.25, -0.2) is 4.98 Å². The number of aromatic nitrogens is 2. The van der Waals surface area contributed by atoms with Crippen LogP contribution in [0.4, 0.5) is 0 Å². The Labute approximate surface area is 192 Å². The SMILES string of the molecule is C=CCn1c(S[C@H](C)C(=O)N2CCN(CC)CC2)nc2sc3c(c2c1=O)CC[C@H](C)C3. The molecule has 6 nitrogen and oxygen atoms in total. The predicted octanol–water partition coefficient (Wildman–Crippen LogP) is 3.41. The quantitative estimate of drug-likeness (QED) is 0.376. The van der Waals surface area contributed by atoms with Crippen LogP contribution in [0.5, 0.6) is 0 Å². The average molecular weight is 461 g/mol. The summed E-state index contributed by atoms with van der Waals surface area (Å²) in [7, 11) is 0. The Morgan fingerprint density at radius 2 is 2.10 bits per heavy atom. The number of hydrogen-bond acceptors (Lipinski definition) is 6. The Kier molecular flexibility index (Phi) is 6.89. The first-order valence-electron chi connectivity index (χ1n) is 11.3. The largest absolute Gasteiger partial charge is 0.339 e. The van der Waals surface area contributed by atoms with Crippen LogP contribution < -0.4 is 5.56 Å². The molecule has 8 heteroatoms. The van der Waals surface area contributed by atoms with Gasteiger partial charge in [-0.15, -0.1) is 17.9 Å². The van der Waals surface area contributed by atoms with Gasteiger partial charge in [0.1, 0.15) is 4.83 Å². The van der Waals surface area contributed by atoms with Gasteiger partial charge < -0.3 is 9.80 Å². The molecule has 1 amide bonds. The fourth-order valence-corrected chi connectivity index (χ4v) is 6.96. The average Bonchev–Trinajstić information content (AvgIpc) is 3.13. The van der Waals surface area contributed by atoms with E-state index in [0.717, 1.165) is 62.2 Å². The molecule has 2 aliphatic rings. The predicted molar refractivity (Wildman–Crippen MR) is 129 cm³/mol. The highest BCUT2D eigenvalue weighted by molar-refractivity contribution is 8.00. The minimum absolute atomic E-state index is 0.00987. The molecule has 1 fully saturated rings. The highest BCUT2D eigenvalue weighted by Crippen LogP contribution is 2.37. The molecule has 31 heavy (non-hydrogen) atoms. The fourth-order valence-electron chi connectivity index (χ4n) is 4.53. The number of fused-ring (bicyclic) bond motifs is 3. The summed E-state index contributed by atoms with van der Waals surface area (Å²) in [6.45, 7) is 15.0. The van der Waals surface area contributed by atoms with Crippen molar-refractivity contribution in [1.29, 1.82) is 0 Å². The van der Waals surface area contributed by atoms with E-state index in [1.54, 1.807) is 22.0 Å². The number of allylic oxidation sites excluding steroid dienone is 1. The lowest BCUT2D eigenvalue weighted by Gasteiger charge is -2.35. The summed E-state index contributed by atoms with van der Waals surface area (Å²) in [6, 6.07) is 0. The van der Waals surface area contributed by atoms with Crippen molar-refractivity contribution >= 4 is 39.2 Å². The highest BCUT2D eigenvalue weighted by atomic mass is 32.2. The molecule has 0 aromatic carbocycles. The number of hydrogen-bond donors (Lipinski definition) is 0. The van der Waals surface area contributed by atoms with Gasteiger partial charge in [-0.3, -0.25) is 14.2 Å². The summed E-state index contributed by atoms with van der Waals surface area (Å²) >= 11 is 3.06. The molecule has 2 aromatic heterocycles. The van der Waals surface area contributed by atoms with E-state index in [9.17, 15) is 9.59 Å². The number of carbonyl (C=O) groups excluding carboxylic acids is 1. The monoisotopic (exact) mass is 460 g/mol. The van der Waals surface area contributed by atoms with Gasteiger partial charge in [-0.1, -0.05) is 31.7 Å². The maximum atomic E-state index is 13.4. The van der Waals surface area contributed by atoms with Gasteiger partial charge in [-0.05, 0) is 44.2 Å². The van der Waals surface area contributed by atoms with Gasteiger partial charge >= 0.3 is 0 Å². The maximum Gasteiger partial charge on any atom is 0.263 e. The van der Waals surface area contributed by atoms with Crippen LogP contribution in [0.2, 0.25) is 0 Å². The lowest BCUT2D eigenvalue weighted by Crippen LogP contribution is -2.50. The molecule has 1 saturated heterocycles. The second-order valence-corrected chi connectivity index (χ2v) is 11.0. The number of rotatable bonds is 6. The first-order chi connectivity index (χ1) is 14.9. The smallest absolute Gasteiger partial charge is 0.263 e. The Balaban J connectivity index is 1.62. The number of thiophene rings is 1. The lowest BCUT2D eigenvalue weighted by molar-refractivity contribution is -0.132. The second kappa shape index (κ2) is 9.46. The van der Waals surface area contributed by atoms with Crippen LogP contribution in [0.15, 0.2) is 22.6 Å². The fraction of sp³-hybridized carbons (Fsp3) is 0.609. The Morgan fingerprint density at radius 3 is 2.77 bits per heavy atom. The van der Waals surface area contributed by atoms with E-state index in [2.05, 4.69) is 25.3 Å². The molecule has 0 N–H and O–H groups in total. The summed E-state index contributed by atoms with van der Waals surface area (Å²) < 4.78 is 1.70. The van der Waals surface area contributed by atoms with E-state index in [1.807, 2.05) is 11.8 Å². The summed E-state index contributed by atoms with van der Waals surface area (Å²) in [5.41, 5.74) is 1.21. The van der Waals surface area contributed by atoms with Crippen molar-refractivity contribution < 1.29 is 4.79 Å². The molecule has 3 heterocycles. The van der Waals surface area contributed by atoms with Gasteiger partial charge in [0, 0.05) is 37.6 Å². The standard InChI is InChI=1S/C23H32N4O2S2/c1-5-9-27-22(29)19-17-8-7-15(3)14-18(17)31-20(19)24-23(27)30-16(4)21(28)26-12-10-25(6-2)11-13-26/h5,15-16H,1,6-14H2,2-4H3/t15-,16+/m0/s1. The van der Waals surface area contributed by atoms with E-state index in [0.29, 0.717) is 17.6 Å². The van der Waals surface area contributed by atoms with E-state index in [-0.39, 0.29) is 16.7 Å². The summed E-state index contributed by atoms with van der Waals surface area (Å²) in [5, 5.41) is 1.12. The van der Waals surface area contributed by atoms with Crippen molar-refractivity contribution in [2.45, 2.75) is 57.0 Å². The normalized spacial score (nSPS) is 20.6. The van der Waals surface area contributed by atoms with Crippen LogP contribution in [-0.4, -0.2) is 63.2 Å². The summed E-state index contributed by atoms with van der Waals surface area (Å²) in [5.74, 6) is 0.773. The lowest BCUT2D eigenvalue weighted by atomic mass is 9.89. The minimum atomic E-state index is -0.289. The van der Waals surface area contributed by atoms with Gasteiger partial charge in [0.05, 0.1) is 10.6 Å². The van der Waals surface area contributed by atoms with Crippen molar-refractivity contribution in [3.63, 3.8) is 0 Å². The number of piperazine rings is 1. The number of thioether (sulfide) groups is 1. The molecule has 1 aliphatic heterocycles. The van der Waals surface area contributed by atoms with Crippen molar-refractivity contribution in [2.24, 2.45) is 5.92 Å². The molecule has 168 valence electrons. The Morgan fingerprint density at radius 1 is 1.35 bits per heavy atom. The molecule has 4 rings (SSSR count). The van der Waals surface area contributed by atoms with Crippen molar-refractivity contribution in [3.8, 4) is 0 Å². The van der Waals surface area contributed by atoms with Gasteiger partial charge in [-0.2, -0.15) is 0 Å². The van der Waals surface area contributed by atoms with Gasteiger partial charge in [0.2, 0.25) is 5.91 Å². The van der Waals surface area contributed by atoms with Crippen LogP contribution in [0.1, 0.15) is 37.6 Å². The van der Waals surface area contributed by atoms with Crippen molar-refractivity contribution in [3.05, 3.63) is 33.4 Å². The molecule has 2 aromatic rings. The molecule has 0 radical (unpaired) electrons. The number of nitrogens with zero attached hydrogens (tertiary/aromatic N) is 4. The third kappa shape index (κ3) is 4.47. The Hall–Kier alpha value is -1.64. The second-order valence-electron chi connectivity index (χ2n) is 8.65. The van der Waals surface area contributed by atoms with E-state index in [1.165, 1.54) is 22.2 Å². The molecule has 2 atom stereocenters. The third-order valence-electron chi connectivity index (χ3n) is 6.45. The van der Waals surface area contributed by atoms with E-state index < -0.39 is 0 Å². The molecule has 1 aliphatic carbocycles. The van der Waals surface area contributed by atoms with Crippen LogP contribution in [0.25, 0.3) is 10.2 Å². The zero-order valence-corrected chi connectivity index (χ0v) is 20.4. The molecule has 0 unspecified atom stereocenters. The highest BCUT2D eigenvalue weighted by Gasteiger charge is 2.28. The van der Waals surface area contributed by atoms with Crippen LogP contribution in [0, 0.1) is 5.92 Å². The summed E-state index contributed by atoms with van der Waals surface area (Å²) in [4.78, 5) is 37.8. The first kappa shape index (κ1) is 22.6. The number of likely N-dealkylation sites (N-methyl/N-ethyl adjacent to an activating group) is 1. The molecular weight excluding hydrogens is 428 g/mol. The van der Waals surface area contributed by atoms with Crippen LogP contribution in [-0.2, 0) is 24.2 Å². The van der Waals surface area contributed by atoms with Crippen LogP contribution in [0.3, 0.4) is 0 Å². The third-order valence-corrected chi connectivity index (χ3v) is 8.68. The van der Waals surface area contributed by atoms with Crippen molar-refractivity contribution in [1.82, 2.24) is 19.4 Å². The van der Waals surface area contributed by atoms with Crippen LogP contribution >= 0.6 is 23.1 Å².